The zero-order valence-corrected chi connectivity index (χ0v) is 11.4. The molecule has 3 nitrogen and oxygen atoms in total. The topological polar surface area (TPSA) is 33.2 Å². The molecule has 0 aromatic carbocycles. The van der Waals surface area contributed by atoms with E-state index in [1.807, 2.05) is 24.0 Å². The van der Waals surface area contributed by atoms with Gasteiger partial charge in [-0.3, -0.25) is 9.78 Å². The number of nitrogens with zero attached hydrogens (tertiary/aromatic N) is 2. The molecule has 1 aliphatic rings. The first-order valence-corrected chi connectivity index (χ1v) is 6.89. The van der Waals surface area contributed by atoms with E-state index in [1.165, 1.54) is 19.3 Å². The second-order valence-corrected chi connectivity index (χ2v) is 5.12. The monoisotopic (exact) mass is 256 g/mol. The Morgan fingerprint density at radius 2 is 2.16 bits per heavy atom. The van der Waals surface area contributed by atoms with Gasteiger partial charge in [0.15, 0.2) is 0 Å². The molecule has 1 aromatic heterocycles. The first-order valence-electron chi connectivity index (χ1n) is 6.89. The van der Waals surface area contributed by atoms with Gasteiger partial charge in [0.05, 0.1) is 12.1 Å². The predicted molar refractivity (Wildman–Crippen MR) is 75.7 cm³/mol. The van der Waals surface area contributed by atoms with Crippen molar-refractivity contribution in [3.8, 4) is 12.3 Å². The molecule has 0 radical (unpaired) electrons. The SMILES string of the molecule is C#CCN(C(=O)c1ccc(C)nc1)C1CCCCC1. The molecule has 3 heteroatoms. The minimum Gasteiger partial charge on any atom is -0.324 e. The number of rotatable bonds is 3. The molecule has 1 aromatic rings. The first-order chi connectivity index (χ1) is 9.22. The Morgan fingerprint density at radius 1 is 1.42 bits per heavy atom. The lowest BCUT2D eigenvalue weighted by atomic mass is 9.93. The Kier molecular flexibility index (Phi) is 4.57. The summed E-state index contributed by atoms with van der Waals surface area (Å²) in [6.45, 7) is 2.30. The average molecular weight is 256 g/mol. The molecule has 1 heterocycles. The van der Waals surface area contributed by atoms with Crippen molar-refractivity contribution in [1.82, 2.24) is 9.88 Å². The van der Waals surface area contributed by atoms with Crippen LogP contribution in [0.5, 0.6) is 0 Å². The Bertz CT molecular complexity index is 467. The van der Waals surface area contributed by atoms with Gasteiger partial charge in [0.2, 0.25) is 0 Å². The van der Waals surface area contributed by atoms with Gasteiger partial charge in [-0.2, -0.15) is 0 Å². The van der Waals surface area contributed by atoms with Crippen LogP contribution in [-0.2, 0) is 0 Å². The zero-order chi connectivity index (χ0) is 13.7. The van der Waals surface area contributed by atoms with Crippen LogP contribution in [0.1, 0.15) is 48.2 Å². The third-order valence-electron chi connectivity index (χ3n) is 3.70. The summed E-state index contributed by atoms with van der Waals surface area (Å²) in [6.07, 6.45) is 12.8. The van der Waals surface area contributed by atoms with E-state index in [0.717, 1.165) is 18.5 Å². The van der Waals surface area contributed by atoms with Crippen molar-refractivity contribution in [1.29, 1.82) is 0 Å². The normalized spacial score (nSPS) is 15.8. The van der Waals surface area contributed by atoms with Crippen molar-refractivity contribution in [3.63, 3.8) is 0 Å². The van der Waals surface area contributed by atoms with E-state index in [4.69, 9.17) is 6.42 Å². The second kappa shape index (κ2) is 6.38. The van der Waals surface area contributed by atoms with Gasteiger partial charge in [-0.15, -0.1) is 6.42 Å². The number of hydrogen-bond donors (Lipinski definition) is 0. The van der Waals surface area contributed by atoms with Gasteiger partial charge in [-0.1, -0.05) is 25.2 Å². The Labute approximate surface area is 115 Å². The Morgan fingerprint density at radius 3 is 2.74 bits per heavy atom. The summed E-state index contributed by atoms with van der Waals surface area (Å²) >= 11 is 0. The highest BCUT2D eigenvalue weighted by Crippen LogP contribution is 2.23. The lowest BCUT2D eigenvalue weighted by Gasteiger charge is -2.33. The van der Waals surface area contributed by atoms with Crippen LogP contribution in [0, 0.1) is 19.3 Å². The fourth-order valence-corrected chi connectivity index (χ4v) is 2.62. The van der Waals surface area contributed by atoms with Crippen LogP contribution >= 0.6 is 0 Å². The fraction of sp³-hybridized carbons (Fsp3) is 0.500. The molecule has 1 amide bonds. The van der Waals surface area contributed by atoms with Crippen LogP contribution in [0.2, 0.25) is 0 Å². The minimum absolute atomic E-state index is 0.0114. The van der Waals surface area contributed by atoms with Gasteiger partial charge in [0.1, 0.15) is 0 Å². The first kappa shape index (κ1) is 13.6. The van der Waals surface area contributed by atoms with E-state index in [1.54, 1.807) is 6.20 Å². The van der Waals surface area contributed by atoms with E-state index < -0.39 is 0 Å². The third kappa shape index (κ3) is 3.35. The zero-order valence-electron chi connectivity index (χ0n) is 11.4. The van der Waals surface area contributed by atoms with Gasteiger partial charge >= 0.3 is 0 Å². The second-order valence-electron chi connectivity index (χ2n) is 5.12. The van der Waals surface area contributed by atoms with Crippen molar-refractivity contribution >= 4 is 5.91 Å². The number of aromatic nitrogens is 1. The molecule has 1 aliphatic carbocycles. The van der Waals surface area contributed by atoms with Crippen molar-refractivity contribution in [2.24, 2.45) is 0 Å². The van der Waals surface area contributed by atoms with Crippen LogP contribution in [0.15, 0.2) is 18.3 Å². The van der Waals surface area contributed by atoms with E-state index in [9.17, 15) is 4.79 Å². The maximum absolute atomic E-state index is 12.5. The number of aryl methyl sites for hydroxylation is 1. The van der Waals surface area contributed by atoms with Gasteiger partial charge < -0.3 is 4.90 Å². The van der Waals surface area contributed by atoms with Crippen LogP contribution in [-0.4, -0.2) is 28.4 Å². The highest BCUT2D eigenvalue weighted by molar-refractivity contribution is 5.94. The molecule has 0 N–H and O–H groups in total. The van der Waals surface area contributed by atoms with E-state index >= 15 is 0 Å². The number of pyridine rings is 1. The molecule has 1 saturated carbocycles. The Hall–Kier alpha value is -1.82. The highest BCUT2D eigenvalue weighted by atomic mass is 16.2. The van der Waals surface area contributed by atoms with Gasteiger partial charge in [-0.25, -0.2) is 0 Å². The van der Waals surface area contributed by atoms with Gasteiger partial charge in [-0.05, 0) is 31.9 Å². The highest BCUT2D eigenvalue weighted by Gasteiger charge is 2.25. The molecule has 0 bridgehead atoms. The molecule has 2 rings (SSSR count). The summed E-state index contributed by atoms with van der Waals surface area (Å²) in [5, 5.41) is 0. The molecule has 0 spiro atoms. The average Bonchev–Trinajstić information content (AvgIpc) is 2.46. The number of carbonyl (C=O) groups is 1. The largest absolute Gasteiger partial charge is 0.324 e. The van der Waals surface area contributed by atoms with Crippen LogP contribution < -0.4 is 0 Å². The molecule has 19 heavy (non-hydrogen) atoms. The van der Waals surface area contributed by atoms with Gasteiger partial charge in [0.25, 0.3) is 5.91 Å². The van der Waals surface area contributed by atoms with E-state index in [-0.39, 0.29) is 5.91 Å². The van der Waals surface area contributed by atoms with Gasteiger partial charge in [0, 0.05) is 17.9 Å². The summed E-state index contributed by atoms with van der Waals surface area (Å²) in [6, 6.07) is 3.98. The predicted octanol–water partition coefficient (Wildman–Crippen LogP) is 2.80. The van der Waals surface area contributed by atoms with Crippen molar-refractivity contribution < 1.29 is 4.79 Å². The summed E-state index contributed by atoms with van der Waals surface area (Å²) in [5.74, 6) is 2.62. The van der Waals surface area contributed by atoms with E-state index in [0.29, 0.717) is 18.2 Å². The quantitative estimate of drug-likeness (QED) is 0.779. The maximum Gasteiger partial charge on any atom is 0.256 e. The van der Waals surface area contributed by atoms with Crippen molar-refractivity contribution in [3.05, 3.63) is 29.6 Å². The lowest BCUT2D eigenvalue weighted by Crippen LogP contribution is -2.41. The number of terminal acetylenes is 1. The fourth-order valence-electron chi connectivity index (χ4n) is 2.62. The van der Waals surface area contributed by atoms with Crippen LogP contribution in [0.4, 0.5) is 0 Å². The molecule has 0 atom stereocenters. The summed E-state index contributed by atoms with van der Waals surface area (Å²) in [4.78, 5) is 18.6. The smallest absolute Gasteiger partial charge is 0.256 e. The molecule has 0 saturated heterocycles. The standard InChI is InChI=1S/C16H20N2O/c1-3-11-18(15-7-5-4-6-8-15)16(19)14-10-9-13(2)17-12-14/h1,9-10,12,15H,4-8,11H2,2H3. The number of amides is 1. The maximum atomic E-state index is 12.5. The summed E-state index contributed by atoms with van der Waals surface area (Å²) in [7, 11) is 0. The minimum atomic E-state index is 0.0114. The lowest BCUT2D eigenvalue weighted by molar-refractivity contribution is 0.0667. The summed E-state index contributed by atoms with van der Waals surface area (Å²) in [5.41, 5.74) is 1.55. The van der Waals surface area contributed by atoms with Crippen molar-refractivity contribution in [2.75, 3.05) is 6.54 Å². The molecular formula is C16H20N2O. The summed E-state index contributed by atoms with van der Waals surface area (Å²) < 4.78 is 0. The van der Waals surface area contributed by atoms with Crippen molar-refractivity contribution in [2.45, 2.75) is 45.1 Å². The molecular weight excluding hydrogens is 236 g/mol. The molecule has 0 aliphatic heterocycles. The molecule has 1 fully saturated rings. The van der Waals surface area contributed by atoms with Crippen LogP contribution in [0.25, 0.3) is 0 Å². The number of hydrogen-bond acceptors (Lipinski definition) is 2. The van der Waals surface area contributed by atoms with E-state index in [2.05, 4.69) is 10.9 Å². The Balaban J connectivity index is 2.16. The van der Waals surface area contributed by atoms with Crippen LogP contribution in [0.3, 0.4) is 0 Å². The molecule has 0 unspecified atom stereocenters. The molecule has 100 valence electrons. The third-order valence-corrected chi connectivity index (χ3v) is 3.70. The number of carbonyl (C=O) groups excluding carboxylic acids is 1.